The van der Waals surface area contributed by atoms with Crippen LogP contribution in [0.4, 0.5) is 0 Å². The van der Waals surface area contributed by atoms with Gasteiger partial charge in [-0.05, 0) is 122 Å². The minimum Gasteiger partial charge on any atom is -0.480 e. The van der Waals surface area contributed by atoms with E-state index in [2.05, 4.69) is 125 Å². The Bertz CT molecular complexity index is 1970. The summed E-state index contributed by atoms with van der Waals surface area (Å²) in [5.41, 5.74) is 15.4. The molecule has 0 radical (unpaired) electrons. The van der Waals surface area contributed by atoms with E-state index < -0.39 is 0 Å². The number of carbonyl (C=O) groups excluding carboxylic acids is 2. The highest BCUT2D eigenvalue weighted by Gasteiger charge is 2.19. The summed E-state index contributed by atoms with van der Waals surface area (Å²) in [4.78, 5) is 49.5. The van der Waals surface area contributed by atoms with Crippen molar-refractivity contribution in [1.29, 1.82) is 0 Å². The van der Waals surface area contributed by atoms with Crippen molar-refractivity contribution in [2.24, 2.45) is 44.5 Å². The fourth-order valence-corrected chi connectivity index (χ4v) is 6.03. The number of aliphatic imine (C=N–C) groups is 1. The van der Waals surface area contributed by atoms with E-state index in [1.54, 1.807) is 31.4 Å². The number of methoxy groups -OCH3 is 3. The number of rotatable bonds is 16. The van der Waals surface area contributed by atoms with E-state index in [1.807, 2.05) is 46.5 Å². The monoisotopic (exact) mass is 1200 g/mol. The largest absolute Gasteiger partial charge is 0.480 e. The van der Waals surface area contributed by atoms with Crippen molar-refractivity contribution in [1.82, 2.24) is 20.4 Å². The second kappa shape index (κ2) is 37.7. The molecule has 65 heavy (non-hydrogen) atoms. The number of hydroxylamine groups is 1. The summed E-state index contributed by atoms with van der Waals surface area (Å²) in [6, 6.07) is 10.7. The zero-order valence-corrected chi connectivity index (χ0v) is 45.1. The van der Waals surface area contributed by atoms with Gasteiger partial charge in [0, 0.05) is 12.8 Å². The maximum atomic E-state index is 11.4. The van der Waals surface area contributed by atoms with Crippen molar-refractivity contribution in [3.8, 4) is 17.6 Å². The van der Waals surface area contributed by atoms with Gasteiger partial charge in [-0.25, -0.2) is 20.4 Å². The summed E-state index contributed by atoms with van der Waals surface area (Å²) < 4.78 is 17.4. The van der Waals surface area contributed by atoms with Gasteiger partial charge in [0.2, 0.25) is 17.6 Å². The van der Waals surface area contributed by atoms with Crippen LogP contribution in [0.3, 0.4) is 0 Å². The standard InChI is InChI=1S/C13H18BrN3O3.C13H18BrN3O2.C7H8BrN3O2.C6H11BrO.CH3PS.2CH4/c1-8(2)6-9(18)7-20-17-12(15)11-5-4-10(14)13(16-11)19-3;1-8(2)6-9-7-19-17-12(15-9)11-5-4-10(14)13(16-11)18-3;1-13-7-4(8)2-3-5(10-7)6(9)11-12;1-5(2)3-6(8)4-7;1-2-3;;/h4-5,8H,6-7H2,1-3H3,(H2,15,17);4-5,8-9H,6-7H2,1-3H3,(H,15,17);2-3,12H,1H3,(H2,9,11);5H,3-4H2,1-2H3;1H3;2*1H4. The predicted octanol–water partition coefficient (Wildman–Crippen LogP) is 9.89. The van der Waals surface area contributed by atoms with Crippen LogP contribution >= 0.6 is 71.1 Å². The number of aromatic nitrogens is 3. The number of hydrogen-bond acceptors (Lipinski definition) is 16. The van der Waals surface area contributed by atoms with E-state index >= 15 is 0 Å². The molecule has 0 bridgehead atoms. The minimum atomic E-state index is -0.0907. The second-order valence-electron chi connectivity index (χ2n) is 14.1. The van der Waals surface area contributed by atoms with Gasteiger partial charge in [-0.15, -0.1) is 0 Å². The summed E-state index contributed by atoms with van der Waals surface area (Å²) in [5.74, 6) is 3.68. The molecular formula is C42H66Br4N9O8PS. The number of alkyl halides is 1. The highest BCUT2D eigenvalue weighted by atomic mass is 79.9. The fraction of sp³-hybridized carbons (Fsp3) is 0.524. The Morgan fingerprint density at radius 2 is 1.26 bits per heavy atom. The van der Waals surface area contributed by atoms with Crippen LogP contribution in [0.5, 0.6) is 17.6 Å². The molecule has 366 valence electrons. The number of carbonyl (C=O) groups is 2. The first-order valence-electron chi connectivity index (χ1n) is 19.1. The Labute approximate surface area is 425 Å². The topological polar surface area (TPSA) is 240 Å². The Hall–Kier alpha value is -3.40. The van der Waals surface area contributed by atoms with Gasteiger partial charge < -0.3 is 35.7 Å². The van der Waals surface area contributed by atoms with E-state index in [9.17, 15) is 9.59 Å². The van der Waals surface area contributed by atoms with E-state index in [0.29, 0.717) is 97.8 Å². The lowest BCUT2D eigenvalue weighted by molar-refractivity contribution is -0.124. The molecule has 1 aliphatic rings. The summed E-state index contributed by atoms with van der Waals surface area (Å²) in [6.45, 7) is 14.8. The molecule has 0 saturated heterocycles. The number of pyridine rings is 3. The van der Waals surface area contributed by atoms with Gasteiger partial charge in [-0.2, -0.15) is 0 Å². The third-order valence-electron chi connectivity index (χ3n) is 7.21. The predicted molar refractivity (Wildman–Crippen MR) is 280 cm³/mol. The number of hydrogen-bond donors (Lipinski definition) is 4. The quantitative estimate of drug-likeness (QED) is 0.0261. The maximum Gasteiger partial charge on any atom is 0.228 e. The Morgan fingerprint density at radius 3 is 1.68 bits per heavy atom. The molecule has 1 atom stereocenters. The van der Waals surface area contributed by atoms with Crippen LogP contribution in [0.15, 0.2) is 65.1 Å². The third kappa shape index (κ3) is 28.4. The zero-order chi connectivity index (χ0) is 48.1. The average Bonchev–Trinajstić information content (AvgIpc) is 3.24. The molecular weight excluding hydrogens is 1140 g/mol. The minimum absolute atomic E-state index is 0. The molecule has 0 amide bonds. The number of oxime groups is 2. The smallest absolute Gasteiger partial charge is 0.228 e. The van der Waals surface area contributed by atoms with Crippen molar-refractivity contribution >= 4 is 112 Å². The molecule has 1 unspecified atom stereocenters. The Balaban J connectivity index is -0.000000796. The van der Waals surface area contributed by atoms with Crippen molar-refractivity contribution in [3.63, 3.8) is 0 Å². The van der Waals surface area contributed by atoms with E-state index in [4.69, 9.17) is 40.6 Å². The molecule has 0 aliphatic carbocycles. The van der Waals surface area contributed by atoms with Crippen LogP contribution in [0.25, 0.3) is 0 Å². The van der Waals surface area contributed by atoms with Crippen LogP contribution in [-0.2, 0) is 31.1 Å². The SMILES string of the molecule is C.C.CC(C)CC(=O)CBr.COc1nc(/C(N)=N/O)ccc1Br.COc1nc(/C(N)=N/OCC(=O)CC(C)C)ccc1Br.COc1nc(C2=NC(CC(C)C)CON2)ccc1Br.CP=S. The van der Waals surface area contributed by atoms with Crippen molar-refractivity contribution in [2.45, 2.75) is 81.7 Å². The van der Waals surface area contributed by atoms with E-state index in [-0.39, 0.29) is 45.0 Å². The lowest BCUT2D eigenvalue weighted by Gasteiger charge is -2.22. The summed E-state index contributed by atoms with van der Waals surface area (Å²) in [6.07, 6.45) is 2.16. The van der Waals surface area contributed by atoms with Gasteiger partial charge in [-0.3, -0.25) is 19.4 Å². The van der Waals surface area contributed by atoms with Crippen LogP contribution in [-0.4, -0.2) is 102 Å². The molecule has 0 saturated carbocycles. The Morgan fingerprint density at radius 1 is 0.815 bits per heavy atom. The lowest BCUT2D eigenvalue weighted by Crippen LogP contribution is -2.36. The summed E-state index contributed by atoms with van der Waals surface area (Å²) in [5, 5.41) is 15.4. The molecule has 6 N–H and O–H groups in total. The normalized spacial score (nSPS) is 12.9. The van der Waals surface area contributed by atoms with Gasteiger partial charge >= 0.3 is 0 Å². The Kier molecular flexibility index (Phi) is 38.2. The molecule has 3 aromatic heterocycles. The first-order chi connectivity index (χ1) is 29.8. The van der Waals surface area contributed by atoms with Crippen molar-refractivity contribution in [3.05, 3.63) is 66.9 Å². The molecule has 3 aromatic rings. The number of nitrogens with one attached hydrogen (secondary N) is 1. The third-order valence-corrected chi connectivity index (χ3v) is 9.64. The highest BCUT2D eigenvalue weighted by molar-refractivity contribution is 9.11. The van der Waals surface area contributed by atoms with E-state index in [0.717, 1.165) is 18.2 Å². The van der Waals surface area contributed by atoms with Gasteiger partial charge in [-0.1, -0.05) is 94.4 Å². The molecule has 4 heterocycles. The van der Waals surface area contributed by atoms with Crippen molar-refractivity contribution in [2.75, 3.05) is 46.5 Å². The molecule has 0 fully saturated rings. The summed E-state index contributed by atoms with van der Waals surface area (Å²) in [7, 11) is 5.58. The highest BCUT2D eigenvalue weighted by Crippen LogP contribution is 2.24. The van der Waals surface area contributed by atoms with E-state index in [1.165, 1.54) is 14.2 Å². The van der Waals surface area contributed by atoms with Crippen LogP contribution < -0.4 is 31.2 Å². The van der Waals surface area contributed by atoms with Crippen LogP contribution in [0.2, 0.25) is 0 Å². The average molecular weight is 1210 g/mol. The lowest BCUT2D eigenvalue weighted by atomic mass is 10.0. The fourth-order valence-electron chi connectivity index (χ4n) is 4.65. The van der Waals surface area contributed by atoms with Crippen LogP contribution in [0, 0.1) is 17.8 Å². The number of ether oxygens (including phenoxy) is 3. The number of halogens is 4. The van der Waals surface area contributed by atoms with Gasteiger partial charge in [0.15, 0.2) is 29.9 Å². The number of ketones is 2. The molecule has 1 aliphatic heterocycles. The van der Waals surface area contributed by atoms with Crippen molar-refractivity contribution < 1.29 is 38.7 Å². The zero-order valence-electron chi connectivity index (χ0n) is 37.0. The molecule has 23 heteroatoms. The van der Waals surface area contributed by atoms with Gasteiger partial charge in [0.1, 0.15) is 22.9 Å². The van der Waals surface area contributed by atoms with Gasteiger partial charge in [0.05, 0.1) is 52.7 Å². The summed E-state index contributed by atoms with van der Waals surface area (Å²) >= 11 is 17.4. The van der Waals surface area contributed by atoms with Crippen LogP contribution in [0.1, 0.15) is 92.7 Å². The molecule has 4 rings (SSSR count). The second-order valence-corrected chi connectivity index (χ2v) is 18.6. The van der Waals surface area contributed by atoms with Gasteiger partial charge in [0.25, 0.3) is 0 Å². The maximum absolute atomic E-state index is 11.4. The molecule has 17 nitrogen and oxygen atoms in total. The first-order valence-corrected chi connectivity index (χ1v) is 25.0. The first kappa shape index (κ1) is 65.9. The number of Topliss-reactive ketones (excluding diaryl/α,β-unsaturated/α-hetero) is 2. The molecule has 0 aromatic carbocycles. The number of amidine groups is 3. The number of nitrogens with two attached hydrogens (primary N) is 2. The number of nitrogens with zero attached hydrogens (tertiary/aromatic N) is 6. The molecule has 0 spiro atoms.